The number of H-pyrrole nitrogens is 1. The van der Waals surface area contributed by atoms with Crippen LogP contribution in [0.15, 0.2) is 46.1 Å². The van der Waals surface area contributed by atoms with Crippen molar-refractivity contribution in [1.82, 2.24) is 14.5 Å². The van der Waals surface area contributed by atoms with Crippen LogP contribution in [0, 0.1) is 5.82 Å². The molecule has 1 fully saturated rings. The second-order valence-electron chi connectivity index (χ2n) is 10.6. The van der Waals surface area contributed by atoms with Crippen molar-refractivity contribution in [1.29, 1.82) is 0 Å². The van der Waals surface area contributed by atoms with Crippen LogP contribution in [-0.2, 0) is 15.4 Å². The zero-order chi connectivity index (χ0) is 29.4. The van der Waals surface area contributed by atoms with E-state index in [1.165, 1.54) is 37.6 Å². The zero-order valence-electron chi connectivity index (χ0n) is 22.9. The van der Waals surface area contributed by atoms with Crippen molar-refractivity contribution in [3.05, 3.63) is 85.4 Å². The molecule has 1 aliphatic rings. The van der Waals surface area contributed by atoms with Crippen molar-refractivity contribution in [2.75, 3.05) is 31.2 Å². The summed E-state index contributed by atoms with van der Waals surface area (Å²) in [5.41, 5.74) is -0.494. The van der Waals surface area contributed by atoms with Gasteiger partial charge in [-0.1, -0.05) is 32.9 Å². The highest BCUT2D eigenvalue weighted by atomic mass is 32.2. The van der Waals surface area contributed by atoms with E-state index in [4.69, 9.17) is 4.74 Å². The van der Waals surface area contributed by atoms with Crippen molar-refractivity contribution in [2.24, 2.45) is 0 Å². The summed E-state index contributed by atoms with van der Waals surface area (Å²) in [6.45, 7) is 6.89. The number of likely N-dealkylation sites (tertiary alicyclic amines) is 1. The number of rotatable bonds is 7. The number of carbonyl (C=O) groups excluding carboxylic acids is 1. The first-order valence-electron chi connectivity index (χ1n) is 12.5. The van der Waals surface area contributed by atoms with Gasteiger partial charge in [0.1, 0.15) is 5.75 Å². The van der Waals surface area contributed by atoms with Gasteiger partial charge in [0, 0.05) is 42.2 Å². The van der Waals surface area contributed by atoms with Gasteiger partial charge in [-0.15, -0.1) is 0 Å². The SMILES string of the molecule is COc1c(C(C)(C)C)cc(-n2ccc(=O)[nH]c2=O)c(F)c1/C=C/c1ccc(NS(C)(=O)=O)cc1C(=O)N1CCC1. The molecule has 0 spiro atoms. The molecule has 2 heterocycles. The monoisotopic (exact) mass is 570 g/mol. The van der Waals surface area contributed by atoms with E-state index in [1.807, 2.05) is 20.8 Å². The summed E-state index contributed by atoms with van der Waals surface area (Å²) in [4.78, 5) is 41.1. The Morgan fingerprint density at radius 3 is 2.38 bits per heavy atom. The maximum absolute atomic E-state index is 16.1. The van der Waals surface area contributed by atoms with Crippen molar-refractivity contribution in [2.45, 2.75) is 32.6 Å². The number of sulfonamides is 1. The number of anilines is 1. The second-order valence-corrected chi connectivity index (χ2v) is 12.3. The van der Waals surface area contributed by atoms with Crippen LogP contribution >= 0.6 is 0 Å². The molecule has 0 saturated carbocycles. The molecule has 1 aromatic heterocycles. The predicted octanol–water partition coefficient (Wildman–Crippen LogP) is 3.36. The fourth-order valence-electron chi connectivity index (χ4n) is 4.38. The lowest BCUT2D eigenvalue weighted by molar-refractivity contribution is 0.0651. The lowest BCUT2D eigenvalue weighted by Crippen LogP contribution is -2.42. The Hall–Kier alpha value is -4.19. The van der Waals surface area contributed by atoms with Gasteiger partial charge in [0.2, 0.25) is 10.0 Å². The minimum absolute atomic E-state index is 0.0312. The first-order valence-corrected chi connectivity index (χ1v) is 14.4. The summed E-state index contributed by atoms with van der Waals surface area (Å²) in [7, 11) is -2.17. The van der Waals surface area contributed by atoms with E-state index in [0.717, 1.165) is 23.3 Å². The van der Waals surface area contributed by atoms with Crippen LogP contribution in [0.25, 0.3) is 17.8 Å². The van der Waals surface area contributed by atoms with Crippen LogP contribution in [0.4, 0.5) is 10.1 Å². The van der Waals surface area contributed by atoms with Crippen LogP contribution in [0.1, 0.15) is 54.2 Å². The van der Waals surface area contributed by atoms with Gasteiger partial charge in [0.15, 0.2) is 5.82 Å². The highest BCUT2D eigenvalue weighted by molar-refractivity contribution is 7.92. The van der Waals surface area contributed by atoms with Gasteiger partial charge in [-0.05, 0) is 41.7 Å². The molecule has 2 N–H and O–H groups in total. The summed E-state index contributed by atoms with van der Waals surface area (Å²) in [6.07, 6.45) is 6.08. The van der Waals surface area contributed by atoms with E-state index in [9.17, 15) is 22.8 Å². The molecule has 0 aliphatic carbocycles. The summed E-state index contributed by atoms with van der Waals surface area (Å²) in [5.74, 6) is -0.811. The Morgan fingerprint density at radius 1 is 1.12 bits per heavy atom. The minimum atomic E-state index is -3.58. The van der Waals surface area contributed by atoms with E-state index in [1.54, 1.807) is 17.0 Å². The van der Waals surface area contributed by atoms with E-state index in [2.05, 4.69) is 9.71 Å². The van der Waals surface area contributed by atoms with Gasteiger partial charge >= 0.3 is 5.69 Å². The standard InChI is InChI=1S/C28H31FN4O6S/c1-28(2,3)21-16-22(33-14-11-23(34)30-27(33)36)24(29)19(25(21)39-4)10-8-17-7-9-18(31-40(5,37)38)15-20(17)26(35)32-12-6-13-32/h7-11,14-16,31H,6,12-13H2,1-5H3,(H,30,34,36)/b10-8+. The van der Waals surface area contributed by atoms with Gasteiger partial charge < -0.3 is 9.64 Å². The molecule has 4 rings (SSSR count). The minimum Gasteiger partial charge on any atom is -0.496 e. The number of ether oxygens (including phenoxy) is 1. The first kappa shape index (κ1) is 28.8. The lowest BCUT2D eigenvalue weighted by Gasteiger charge is -2.31. The molecule has 3 aromatic rings. The number of benzene rings is 2. The summed E-state index contributed by atoms with van der Waals surface area (Å²) < 4.78 is 48.7. The third-order valence-corrected chi connectivity index (χ3v) is 7.09. The lowest BCUT2D eigenvalue weighted by atomic mass is 9.84. The molecule has 1 amide bonds. The number of aromatic nitrogens is 2. The van der Waals surface area contributed by atoms with Crippen LogP contribution < -0.4 is 20.7 Å². The molecule has 212 valence electrons. The molecule has 40 heavy (non-hydrogen) atoms. The molecule has 0 atom stereocenters. The highest BCUT2D eigenvalue weighted by Crippen LogP contribution is 2.39. The van der Waals surface area contributed by atoms with Crippen molar-refractivity contribution in [3.8, 4) is 11.4 Å². The Balaban J connectivity index is 1.92. The fourth-order valence-corrected chi connectivity index (χ4v) is 4.94. The normalized spacial score (nSPS) is 13.8. The number of hydrogen-bond acceptors (Lipinski definition) is 6. The number of nitrogens with one attached hydrogen (secondary N) is 2. The van der Waals surface area contributed by atoms with E-state index in [0.29, 0.717) is 24.2 Å². The average molecular weight is 571 g/mol. The molecular weight excluding hydrogens is 539 g/mol. The van der Waals surface area contributed by atoms with Gasteiger partial charge in [-0.3, -0.25) is 23.9 Å². The maximum Gasteiger partial charge on any atom is 0.333 e. The third-order valence-electron chi connectivity index (χ3n) is 6.49. The highest BCUT2D eigenvalue weighted by Gasteiger charge is 2.27. The number of amides is 1. The van der Waals surface area contributed by atoms with Crippen LogP contribution in [0.3, 0.4) is 0 Å². The molecule has 1 aliphatic heterocycles. The van der Waals surface area contributed by atoms with Gasteiger partial charge in [-0.25, -0.2) is 17.6 Å². The van der Waals surface area contributed by atoms with E-state index >= 15 is 4.39 Å². The average Bonchev–Trinajstić information content (AvgIpc) is 2.81. The smallest absolute Gasteiger partial charge is 0.333 e. The van der Waals surface area contributed by atoms with Crippen molar-refractivity contribution in [3.63, 3.8) is 0 Å². The molecule has 0 radical (unpaired) electrons. The van der Waals surface area contributed by atoms with Gasteiger partial charge in [0.05, 0.1) is 24.6 Å². The largest absolute Gasteiger partial charge is 0.496 e. The second kappa shape index (κ2) is 10.8. The number of halogens is 1. The zero-order valence-corrected chi connectivity index (χ0v) is 23.7. The van der Waals surface area contributed by atoms with Crippen molar-refractivity contribution < 1.29 is 22.3 Å². The summed E-state index contributed by atoms with van der Waals surface area (Å²) in [6, 6.07) is 7.17. The molecule has 12 heteroatoms. The number of aromatic amines is 1. The van der Waals surface area contributed by atoms with Gasteiger partial charge in [0.25, 0.3) is 11.5 Å². The van der Waals surface area contributed by atoms with Crippen LogP contribution in [-0.4, -0.2) is 55.2 Å². The molecular formula is C28H31FN4O6S. The Kier molecular flexibility index (Phi) is 7.75. The molecule has 2 aromatic carbocycles. The third kappa shape index (κ3) is 6.01. The number of methoxy groups -OCH3 is 1. The molecule has 10 nitrogen and oxygen atoms in total. The van der Waals surface area contributed by atoms with E-state index in [-0.39, 0.29) is 34.2 Å². The Labute approximate surface area is 231 Å². The maximum atomic E-state index is 16.1. The summed E-state index contributed by atoms with van der Waals surface area (Å²) >= 11 is 0. The fraction of sp³-hybridized carbons (Fsp3) is 0.321. The topological polar surface area (TPSA) is 131 Å². The Bertz CT molecular complexity index is 1730. The molecule has 1 saturated heterocycles. The molecule has 0 unspecified atom stereocenters. The van der Waals surface area contributed by atoms with E-state index < -0.39 is 32.5 Å². The number of carbonyl (C=O) groups is 1. The van der Waals surface area contributed by atoms with Gasteiger partial charge in [-0.2, -0.15) is 0 Å². The molecule has 0 bridgehead atoms. The van der Waals surface area contributed by atoms with Crippen LogP contribution in [0.5, 0.6) is 5.75 Å². The Morgan fingerprint density at radius 2 is 1.82 bits per heavy atom. The number of hydrogen-bond donors (Lipinski definition) is 2. The summed E-state index contributed by atoms with van der Waals surface area (Å²) in [5, 5.41) is 0. The van der Waals surface area contributed by atoms with Crippen LogP contribution in [0.2, 0.25) is 0 Å². The quantitative estimate of drug-likeness (QED) is 0.419. The predicted molar refractivity (Wildman–Crippen MR) is 152 cm³/mol. The van der Waals surface area contributed by atoms with Crippen molar-refractivity contribution >= 4 is 33.8 Å². The first-order chi connectivity index (χ1) is 18.7. The number of nitrogens with zero attached hydrogens (tertiary/aromatic N) is 2.